The van der Waals surface area contributed by atoms with Crippen molar-refractivity contribution in [3.63, 3.8) is 0 Å². The number of hydrogen-bond acceptors (Lipinski definition) is 2. The van der Waals surface area contributed by atoms with Crippen molar-refractivity contribution in [2.75, 3.05) is 0 Å². The summed E-state index contributed by atoms with van der Waals surface area (Å²) in [6, 6.07) is 0.716. The van der Waals surface area contributed by atoms with E-state index in [0.717, 1.165) is 0 Å². The first kappa shape index (κ1) is 9.89. The number of Topliss-reactive ketones (excluding diaryl/α,β-unsaturated/α-hetero) is 1. The first-order valence-corrected chi connectivity index (χ1v) is 4.28. The highest BCUT2D eigenvalue weighted by Gasteiger charge is 2.28. The number of fused-ring (bicyclic) bond motifs is 1. The van der Waals surface area contributed by atoms with Gasteiger partial charge in [0, 0.05) is 12.3 Å². The van der Waals surface area contributed by atoms with E-state index in [2.05, 4.69) is 4.99 Å². The van der Waals surface area contributed by atoms with Gasteiger partial charge in [0.05, 0.1) is 17.2 Å². The van der Waals surface area contributed by atoms with Gasteiger partial charge in [0.15, 0.2) is 23.2 Å². The van der Waals surface area contributed by atoms with Gasteiger partial charge in [-0.3, -0.25) is 9.79 Å². The molecule has 0 saturated carbocycles. The van der Waals surface area contributed by atoms with Crippen molar-refractivity contribution >= 4 is 17.7 Å². The van der Waals surface area contributed by atoms with Crippen LogP contribution in [-0.4, -0.2) is 12.0 Å². The molecule has 1 atom stereocenters. The Labute approximate surface area is 83.4 Å². The summed E-state index contributed by atoms with van der Waals surface area (Å²) >= 11 is 0. The maximum absolute atomic E-state index is 13.3. The highest BCUT2D eigenvalue weighted by atomic mass is 19.2. The van der Waals surface area contributed by atoms with Crippen molar-refractivity contribution < 1.29 is 18.0 Å². The zero-order valence-corrected chi connectivity index (χ0v) is 7.72. The van der Waals surface area contributed by atoms with E-state index in [1.54, 1.807) is 0 Å². The first-order valence-electron chi connectivity index (χ1n) is 4.28. The molecule has 1 unspecified atom stereocenters. The van der Waals surface area contributed by atoms with Crippen LogP contribution in [0.15, 0.2) is 11.1 Å². The molecular weight excluding hydrogens is 207 g/mol. The van der Waals surface area contributed by atoms with Gasteiger partial charge < -0.3 is 0 Å². The number of carbonyl (C=O) groups excluding carboxylic acids is 1. The van der Waals surface area contributed by atoms with Crippen LogP contribution in [0.25, 0.3) is 0 Å². The molecule has 1 aliphatic rings. The molecule has 78 valence electrons. The molecule has 0 fully saturated rings. The number of aliphatic imine (C=N–C) groups is 1. The summed E-state index contributed by atoms with van der Waals surface area (Å²) in [5, 5.41) is 0. The van der Waals surface area contributed by atoms with Gasteiger partial charge >= 0.3 is 0 Å². The van der Waals surface area contributed by atoms with E-state index in [0.29, 0.717) is 6.07 Å². The van der Waals surface area contributed by atoms with Crippen LogP contribution in [0.4, 0.5) is 18.9 Å². The van der Waals surface area contributed by atoms with Crippen LogP contribution in [0.3, 0.4) is 0 Å². The fourth-order valence-corrected chi connectivity index (χ4v) is 1.41. The summed E-state index contributed by atoms with van der Waals surface area (Å²) in [5.41, 5.74) is -0.626. The molecule has 2 nitrogen and oxygen atoms in total. The normalized spacial score (nSPS) is 19.2. The number of nitrogens with zero attached hydrogens (tertiary/aromatic N) is 1. The van der Waals surface area contributed by atoms with Crippen LogP contribution < -0.4 is 0 Å². The largest absolute Gasteiger partial charge is 0.293 e. The fraction of sp³-hybridized carbons (Fsp3) is 0.200. The van der Waals surface area contributed by atoms with E-state index >= 15 is 0 Å². The Morgan fingerprint density at radius 1 is 1.27 bits per heavy atom. The molecular formula is C10H6F3NO. The lowest BCUT2D eigenvalue weighted by molar-refractivity contribution is 0.0957. The second kappa shape index (κ2) is 3.18. The lowest BCUT2D eigenvalue weighted by Gasteiger charge is -2.14. The number of benzene rings is 1. The predicted octanol–water partition coefficient (Wildman–Crippen LogP) is 2.64. The summed E-state index contributed by atoms with van der Waals surface area (Å²) in [6.45, 7) is 1.51. The van der Waals surface area contributed by atoms with Gasteiger partial charge in [0.25, 0.3) is 0 Å². The van der Waals surface area contributed by atoms with Crippen molar-refractivity contribution in [3.05, 3.63) is 29.1 Å². The lowest BCUT2D eigenvalue weighted by atomic mass is 9.95. The van der Waals surface area contributed by atoms with Crippen molar-refractivity contribution in [2.24, 2.45) is 10.9 Å². The number of halogens is 3. The van der Waals surface area contributed by atoms with Crippen LogP contribution >= 0.6 is 0 Å². The van der Waals surface area contributed by atoms with Gasteiger partial charge in [-0.05, 0) is 0 Å². The van der Waals surface area contributed by atoms with E-state index < -0.39 is 34.7 Å². The van der Waals surface area contributed by atoms with Crippen molar-refractivity contribution in [3.8, 4) is 0 Å². The van der Waals surface area contributed by atoms with Gasteiger partial charge in [0.1, 0.15) is 0 Å². The third-order valence-electron chi connectivity index (χ3n) is 2.24. The van der Waals surface area contributed by atoms with Crippen LogP contribution in [0.5, 0.6) is 0 Å². The minimum absolute atomic E-state index is 0.158. The Bertz CT molecular complexity index is 482. The van der Waals surface area contributed by atoms with E-state index in [9.17, 15) is 18.0 Å². The van der Waals surface area contributed by atoms with Gasteiger partial charge in [-0.2, -0.15) is 0 Å². The summed E-state index contributed by atoms with van der Waals surface area (Å²) in [4.78, 5) is 15.2. The molecule has 0 aromatic heterocycles. The second-order valence-corrected chi connectivity index (χ2v) is 3.31. The lowest BCUT2D eigenvalue weighted by Crippen LogP contribution is -2.19. The van der Waals surface area contributed by atoms with Crippen molar-refractivity contribution in [1.82, 2.24) is 0 Å². The third kappa shape index (κ3) is 1.35. The molecule has 0 amide bonds. The smallest absolute Gasteiger partial charge is 0.195 e. The molecule has 2 rings (SSSR count). The maximum atomic E-state index is 13.3. The van der Waals surface area contributed by atoms with Gasteiger partial charge in [-0.1, -0.05) is 6.92 Å². The van der Waals surface area contributed by atoms with E-state index in [1.807, 2.05) is 0 Å². The van der Waals surface area contributed by atoms with Crippen LogP contribution in [0.2, 0.25) is 0 Å². The topological polar surface area (TPSA) is 29.4 Å². The molecule has 15 heavy (non-hydrogen) atoms. The number of carbonyl (C=O) groups is 1. The monoisotopic (exact) mass is 213 g/mol. The first-order chi connectivity index (χ1) is 7.02. The van der Waals surface area contributed by atoms with Gasteiger partial charge in [-0.15, -0.1) is 0 Å². The van der Waals surface area contributed by atoms with Crippen molar-refractivity contribution in [1.29, 1.82) is 0 Å². The number of rotatable bonds is 0. The fourth-order valence-electron chi connectivity index (χ4n) is 1.41. The molecule has 1 aliphatic heterocycles. The molecule has 1 heterocycles. The zero-order valence-electron chi connectivity index (χ0n) is 7.72. The average molecular weight is 213 g/mol. The average Bonchev–Trinajstić information content (AvgIpc) is 2.20. The van der Waals surface area contributed by atoms with Crippen molar-refractivity contribution in [2.45, 2.75) is 6.92 Å². The summed E-state index contributed by atoms with van der Waals surface area (Å²) < 4.78 is 38.9. The standard InChI is InChI=1S/C10H6F3NO/c1-4-3-14-6-2-5(11)8(12)9(13)7(6)10(4)15/h2-4H,1H3. The molecule has 0 radical (unpaired) electrons. The predicted molar refractivity (Wildman–Crippen MR) is 48.0 cm³/mol. The summed E-state index contributed by atoms with van der Waals surface area (Å²) in [6.07, 6.45) is 1.28. The molecule has 0 saturated heterocycles. The van der Waals surface area contributed by atoms with E-state index in [4.69, 9.17) is 0 Å². The summed E-state index contributed by atoms with van der Waals surface area (Å²) in [5.74, 6) is -5.64. The van der Waals surface area contributed by atoms with Crippen LogP contribution in [-0.2, 0) is 0 Å². The quantitative estimate of drug-likeness (QED) is 0.609. The van der Waals surface area contributed by atoms with Crippen LogP contribution in [0, 0.1) is 23.4 Å². The SMILES string of the molecule is CC1C=Nc2cc(F)c(F)c(F)c2C1=O. The maximum Gasteiger partial charge on any atom is 0.195 e. The Kier molecular flexibility index (Phi) is 2.10. The Balaban J connectivity index is 2.75. The minimum Gasteiger partial charge on any atom is -0.293 e. The second-order valence-electron chi connectivity index (χ2n) is 3.31. The van der Waals surface area contributed by atoms with Crippen LogP contribution in [0.1, 0.15) is 17.3 Å². The molecule has 0 N–H and O–H groups in total. The highest BCUT2D eigenvalue weighted by Crippen LogP contribution is 2.31. The van der Waals surface area contributed by atoms with E-state index in [-0.39, 0.29) is 5.69 Å². The molecule has 0 aliphatic carbocycles. The Morgan fingerprint density at radius 3 is 2.60 bits per heavy atom. The molecule has 0 bridgehead atoms. The number of hydrogen-bond donors (Lipinski definition) is 0. The Morgan fingerprint density at radius 2 is 1.93 bits per heavy atom. The molecule has 5 heteroatoms. The van der Waals surface area contributed by atoms with Gasteiger partial charge in [-0.25, -0.2) is 13.2 Å². The molecule has 0 spiro atoms. The summed E-state index contributed by atoms with van der Waals surface area (Å²) in [7, 11) is 0. The highest BCUT2D eigenvalue weighted by molar-refractivity contribution is 6.12. The Hall–Kier alpha value is -1.65. The number of ketones is 1. The van der Waals surface area contributed by atoms with Gasteiger partial charge in [0.2, 0.25) is 0 Å². The minimum atomic E-state index is -1.63. The van der Waals surface area contributed by atoms with E-state index in [1.165, 1.54) is 13.1 Å². The molecule has 1 aromatic carbocycles. The third-order valence-corrected chi connectivity index (χ3v) is 2.24. The zero-order chi connectivity index (χ0) is 11.2. The molecule has 1 aromatic rings.